The molecule has 2 aromatic rings. The van der Waals surface area contributed by atoms with Gasteiger partial charge in [0, 0.05) is 10.4 Å². The van der Waals surface area contributed by atoms with Crippen molar-refractivity contribution in [1.29, 1.82) is 0 Å². The Balaban J connectivity index is 2.10. The Bertz CT molecular complexity index is 856. The highest BCUT2D eigenvalue weighted by molar-refractivity contribution is 7.11. The Morgan fingerprint density at radius 2 is 1.80 bits per heavy atom. The minimum Gasteiger partial charge on any atom is -0.493 e. The predicted molar refractivity (Wildman–Crippen MR) is 95.8 cm³/mol. The van der Waals surface area contributed by atoms with Crippen LogP contribution in [-0.2, 0) is 9.63 Å². The van der Waals surface area contributed by atoms with E-state index in [0.717, 1.165) is 10.4 Å². The van der Waals surface area contributed by atoms with Crippen LogP contribution in [0, 0.1) is 6.92 Å². The Hall–Kier alpha value is -2.80. The molecule has 3 rings (SSSR count). The quantitative estimate of drug-likeness (QED) is 0.604. The normalized spacial score (nSPS) is 15.1. The average Bonchev–Trinajstić information content (AvgIpc) is 3.20. The van der Waals surface area contributed by atoms with E-state index < -0.39 is 5.97 Å². The maximum atomic E-state index is 12.1. The van der Waals surface area contributed by atoms with Gasteiger partial charge >= 0.3 is 5.97 Å². The maximum absolute atomic E-state index is 12.1. The third kappa shape index (κ3) is 3.10. The highest BCUT2D eigenvalue weighted by Gasteiger charge is 2.29. The van der Waals surface area contributed by atoms with E-state index >= 15 is 0 Å². The van der Waals surface area contributed by atoms with Crippen LogP contribution < -0.4 is 14.2 Å². The lowest BCUT2D eigenvalue weighted by atomic mass is 10.0. The first-order valence-electron chi connectivity index (χ1n) is 7.45. The molecule has 0 saturated heterocycles. The summed E-state index contributed by atoms with van der Waals surface area (Å²) in [6.45, 7) is 1.99. The van der Waals surface area contributed by atoms with Gasteiger partial charge in [0.15, 0.2) is 11.5 Å². The van der Waals surface area contributed by atoms with Crippen LogP contribution in [0.15, 0.2) is 34.3 Å². The number of carbonyl (C=O) groups excluding carboxylic acids is 1. The molecule has 0 spiro atoms. The van der Waals surface area contributed by atoms with E-state index in [1.165, 1.54) is 21.3 Å². The van der Waals surface area contributed by atoms with Crippen molar-refractivity contribution in [3.05, 3.63) is 45.2 Å². The molecule has 0 bridgehead atoms. The summed E-state index contributed by atoms with van der Waals surface area (Å²) in [5, 5.41) is 5.91. The molecule has 0 unspecified atom stereocenters. The molecule has 0 saturated carbocycles. The molecule has 6 nitrogen and oxygen atoms in total. The monoisotopic (exact) mass is 359 g/mol. The number of nitrogens with zero attached hydrogens (tertiary/aromatic N) is 1. The second-order valence-electron chi connectivity index (χ2n) is 5.26. The van der Waals surface area contributed by atoms with Crippen molar-refractivity contribution >= 4 is 29.1 Å². The topological polar surface area (TPSA) is 66.4 Å². The molecule has 25 heavy (non-hydrogen) atoms. The zero-order valence-corrected chi connectivity index (χ0v) is 15.1. The Kier molecular flexibility index (Phi) is 4.76. The fourth-order valence-corrected chi connectivity index (χ4v) is 3.36. The van der Waals surface area contributed by atoms with Crippen LogP contribution in [0.3, 0.4) is 0 Å². The lowest BCUT2D eigenvalue weighted by molar-refractivity contribution is -0.136. The van der Waals surface area contributed by atoms with Crippen LogP contribution in [0.2, 0.25) is 0 Å². The molecule has 1 aromatic carbocycles. The number of hydrogen-bond acceptors (Lipinski definition) is 7. The molecule has 0 radical (unpaired) electrons. The van der Waals surface area contributed by atoms with E-state index in [1.807, 2.05) is 18.4 Å². The summed E-state index contributed by atoms with van der Waals surface area (Å²) in [6.07, 6.45) is 1.79. The number of aryl methyl sites for hydroxylation is 1. The van der Waals surface area contributed by atoms with Crippen molar-refractivity contribution in [2.45, 2.75) is 6.92 Å². The van der Waals surface area contributed by atoms with Crippen LogP contribution in [0.1, 0.15) is 16.0 Å². The first-order valence-corrected chi connectivity index (χ1v) is 8.33. The fraction of sp³-hybridized carbons (Fsp3) is 0.222. The molecular weight excluding hydrogens is 342 g/mol. The van der Waals surface area contributed by atoms with E-state index in [2.05, 4.69) is 5.16 Å². The fourth-order valence-electron chi connectivity index (χ4n) is 2.50. The number of carbonyl (C=O) groups is 1. The van der Waals surface area contributed by atoms with Crippen LogP contribution in [0.25, 0.3) is 6.08 Å². The van der Waals surface area contributed by atoms with Gasteiger partial charge in [-0.15, -0.1) is 11.3 Å². The van der Waals surface area contributed by atoms with Crippen LogP contribution >= 0.6 is 11.3 Å². The van der Waals surface area contributed by atoms with Crippen molar-refractivity contribution in [2.24, 2.45) is 5.16 Å². The minimum atomic E-state index is -0.489. The summed E-state index contributed by atoms with van der Waals surface area (Å²) < 4.78 is 16.0. The standard InChI is InChI=1S/C18H17NO5S/c1-10-5-6-25-15(10)9-12-16(19-24-18(12)20)11-7-13(21-2)17(23-4)14(8-11)22-3/h5-9H,1-4H3. The molecule has 1 aromatic heterocycles. The summed E-state index contributed by atoms with van der Waals surface area (Å²) in [7, 11) is 4.60. The highest BCUT2D eigenvalue weighted by Crippen LogP contribution is 2.39. The van der Waals surface area contributed by atoms with Crippen LogP contribution in [-0.4, -0.2) is 33.0 Å². The van der Waals surface area contributed by atoms with Gasteiger partial charge in [-0.05, 0) is 42.1 Å². The van der Waals surface area contributed by atoms with Crippen molar-refractivity contribution in [2.75, 3.05) is 21.3 Å². The number of methoxy groups -OCH3 is 3. The van der Waals surface area contributed by atoms with Gasteiger partial charge in [0.25, 0.3) is 0 Å². The van der Waals surface area contributed by atoms with Crippen molar-refractivity contribution in [1.82, 2.24) is 0 Å². The molecule has 0 fully saturated rings. The smallest absolute Gasteiger partial charge is 0.368 e. The van der Waals surface area contributed by atoms with Crippen LogP contribution in [0.5, 0.6) is 17.2 Å². The first kappa shape index (κ1) is 17.0. The predicted octanol–water partition coefficient (Wildman–Crippen LogP) is 3.43. The minimum absolute atomic E-state index is 0.389. The van der Waals surface area contributed by atoms with Gasteiger partial charge in [0.1, 0.15) is 5.71 Å². The summed E-state index contributed by atoms with van der Waals surface area (Å²) >= 11 is 1.55. The SMILES string of the molecule is COc1cc(C2=NOC(=O)C2=Cc2sccc2C)cc(OC)c1OC. The number of ether oxygens (including phenoxy) is 3. The van der Waals surface area contributed by atoms with E-state index in [4.69, 9.17) is 19.0 Å². The summed E-state index contributed by atoms with van der Waals surface area (Å²) in [4.78, 5) is 18.0. The van der Waals surface area contributed by atoms with Crippen molar-refractivity contribution in [3.8, 4) is 17.2 Å². The maximum Gasteiger partial charge on any atom is 0.368 e. The zero-order chi connectivity index (χ0) is 18.0. The highest BCUT2D eigenvalue weighted by atomic mass is 32.1. The van der Waals surface area contributed by atoms with Gasteiger partial charge < -0.3 is 19.0 Å². The van der Waals surface area contributed by atoms with Gasteiger partial charge in [0.2, 0.25) is 5.75 Å². The second-order valence-corrected chi connectivity index (χ2v) is 6.21. The number of rotatable bonds is 5. The van der Waals surface area contributed by atoms with E-state index in [-0.39, 0.29) is 0 Å². The molecule has 2 heterocycles. The van der Waals surface area contributed by atoms with Gasteiger partial charge in [0.05, 0.1) is 26.9 Å². The zero-order valence-electron chi connectivity index (χ0n) is 14.3. The second kappa shape index (κ2) is 6.98. The Morgan fingerprint density at radius 1 is 1.12 bits per heavy atom. The Morgan fingerprint density at radius 3 is 2.32 bits per heavy atom. The van der Waals surface area contributed by atoms with Gasteiger partial charge in [-0.2, -0.15) is 0 Å². The van der Waals surface area contributed by atoms with Crippen molar-refractivity contribution < 1.29 is 23.8 Å². The lowest BCUT2D eigenvalue weighted by Gasteiger charge is -2.13. The summed E-state index contributed by atoms with van der Waals surface area (Å²) in [6, 6.07) is 5.46. The van der Waals surface area contributed by atoms with Crippen LogP contribution in [0.4, 0.5) is 0 Å². The molecule has 0 N–H and O–H groups in total. The number of oxime groups is 1. The van der Waals surface area contributed by atoms with E-state index in [9.17, 15) is 4.79 Å². The summed E-state index contributed by atoms with van der Waals surface area (Å²) in [5.41, 5.74) is 2.54. The lowest BCUT2D eigenvalue weighted by Crippen LogP contribution is -2.08. The molecule has 0 amide bonds. The number of hydrogen-bond donors (Lipinski definition) is 0. The third-order valence-corrected chi connectivity index (χ3v) is 4.78. The average molecular weight is 359 g/mol. The van der Waals surface area contributed by atoms with E-state index in [1.54, 1.807) is 29.5 Å². The largest absolute Gasteiger partial charge is 0.493 e. The molecule has 130 valence electrons. The number of benzene rings is 1. The van der Waals surface area contributed by atoms with Gasteiger partial charge in [-0.1, -0.05) is 5.16 Å². The molecular formula is C18H17NO5S. The third-order valence-electron chi connectivity index (χ3n) is 3.81. The number of thiophene rings is 1. The Labute approximate surface area is 149 Å². The first-order chi connectivity index (χ1) is 12.1. The van der Waals surface area contributed by atoms with E-state index in [0.29, 0.717) is 34.1 Å². The molecule has 1 aliphatic heterocycles. The molecule has 7 heteroatoms. The molecule has 0 atom stereocenters. The molecule has 0 aliphatic carbocycles. The van der Waals surface area contributed by atoms with Gasteiger partial charge in [-0.25, -0.2) is 4.79 Å². The van der Waals surface area contributed by atoms with Crippen molar-refractivity contribution in [3.63, 3.8) is 0 Å². The van der Waals surface area contributed by atoms with Gasteiger partial charge in [-0.3, -0.25) is 0 Å². The molecule has 1 aliphatic rings. The summed E-state index contributed by atoms with van der Waals surface area (Å²) in [5.74, 6) is 0.937.